The highest BCUT2D eigenvalue weighted by molar-refractivity contribution is 7.15. The van der Waals surface area contributed by atoms with E-state index in [1.165, 1.54) is 12.5 Å². The summed E-state index contributed by atoms with van der Waals surface area (Å²) in [5.41, 5.74) is 3.61. The van der Waals surface area contributed by atoms with Crippen molar-refractivity contribution in [3.63, 3.8) is 0 Å². The summed E-state index contributed by atoms with van der Waals surface area (Å²) < 4.78 is 18.6. The highest BCUT2D eigenvalue weighted by atomic mass is 32.1. The normalized spacial score (nSPS) is 11.0. The Morgan fingerprint density at radius 2 is 2.07 bits per heavy atom. The van der Waals surface area contributed by atoms with Crippen LogP contribution in [0.3, 0.4) is 0 Å². The molecule has 0 aliphatic rings. The molecule has 29 heavy (non-hydrogen) atoms. The summed E-state index contributed by atoms with van der Waals surface area (Å²) in [6, 6.07) is 5.47. The second kappa shape index (κ2) is 8.00. The summed E-state index contributed by atoms with van der Waals surface area (Å²) in [6.45, 7) is 3.64. The molecule has 0 atom stereocenters. The number of ketones is 1. The van der Waals surface area contributed by atoms with Crippen LogP contribution in [-0.2, 0) is 12.8 Å². The molecule has 0 saturated carbocycles. The number of nitrogens with zero attached hydrogens (tertiary/aromatic N) is 4. The van der Waals surface area contributed by atoms with Gasteiger partial charge in [0.1, 0.15) is 22.8 Å². The van der Waals surface area contributed by atoms with E-state index in [0.29, 0.717) is 17.0 Å². The lowest BCUT2D eigenvalue weighted by Gasteiger charge is -2.06. The van der Waals surface area contributed by atoms with E-state index in [1.54, 1.807) is 36.6 Å². The summed E-state index contributed by atoms with van der Waals surface area (Å²) in [7, 11) is 0. The van der Waals surface area contributed by atoms with E-state index in [1.807, 2.05) is 6.07 Å². The Kier molecular flexibility index (Phi) is 5.26. The number of carbonyl (C=O) groups excluding carboxylic acids is 1. The van der Waals surface area contributed by atoms with E-state index in [9.17, 15) is 9.18 Å². The zero-order chi connectivity index (χ0) is 20.4. The molecule has 146 valence electrons. The molecular formula is C21H17FN4O2S. The van der Waals surface area contributed by atoms with Crippen molar-refractivity contribution in [1.29, 1.82) is 0 Å². The summed E-state index contributed by atoms with van der Waals surface area (Å²) in [5.74, 6) is -0.705. The van der Waals surface area contributed by atoms with Gasteiger partial charge in [0.05, 0.1) is 18.3 Å². The number of pyridine rings is 2. The fourth-order valence-corrected chi connectivity index (χ4v) is 3.94. The minimum atomic E-state index is -0.488. The molecule has 0 saturated heterocycles. The number of halogens is 1. The van der Waals surface area contributed by atoms with Crippen molar-refractivity contribution in [3.05, 3.63) is 70.6 Å². The summed E-state index contributed by atoms with van der Waals surface area (Å²) in [6.07, 6.45) is 6.63. The molecule has 0 N–H and O–H groups in total. The van der Waals surface area contributed by atoms with Crippen LogP contribution in [0.5, 0.6) is 0 Å². The van der Waals surface area contributed by atoms with Crippen LogP contribution in [-0.4, -0.2) is 25.9 Å². The Bertz CT molecular complexity index is 1150. The smallest absolute Gasteiger partial charge is 0.170 e. The fraction of sp³-hybridized carbons (Fsp3) is 0.190. The minimum Gasteiger partial charge on any atom is -0.364 e. The molecule has 0 spiro atoms. The first-order chi connectivity index (χ1) is 14.1. The van der Waals surface area contributed by atoms with Crippen LogP contribution in [0.1, 0.15) is 33.4 Å². The van der Waals surface area contributed by atoms with Crippen molar-refractivity contribution < 1.29 is 13.7 Å². The molecule has 8 heteroatoms. The van der Waals surface area contributed by atoms with Crippen LogP contribution in [0.4, 0.5) is 4.39 Å². The van der Waals surface area contributed by atoms with Crippen LogP contribution in [0, 0.1) is 12.7 Å². The Balaban J connectivity index is 1.57. The predicted octanol–water partition coefficient (Wildman–Crippen LogP) is 4.69. The summed E-state index contributed by atoms with van der Waals surface area (Å²) in [4.78, 5) is 26.5. The Morgan fingerprint density at radius 3 is 2.76 bits per heavy atom. The lowest BCUT2D eigenvalue weighted by Crippen LogP contribution is -2.08. The van der Waals surface area contributed by atoms with Crippen molar-refractivity contribution in [2.75, 3.05) is 0 Å². The average Bonchev–Trinajstić information content (AvgIpc) is 3.40. The van der Waals surface area contributed by atoms with Gasteiger partial charge in [-0.05, 0) is 31.0 Å². The van der Waals surface area contributed by atoms with Gasteiger partial charge in [-0.3, -0.25) is 14.8 Å². The second-order valence-corrected chi connectivity index (χ2v) is 7.54. The molecule has 0 radical (unpaired) electrons. The third-order valence-electron chi connectivity index (χ3n) is 4.57. The molecule has 0 aliphatic carbocycles. The van der Waals surface area contributed by atoms with E-state index in [0.717, 1.165) is 33.8 Å². The standard InChI is InChI=1S/C21H17FN4O2S/c1-3-19-20(25-21(29-19)17-6-7-28-26-17)13-4-5-14(24-9-13)8-18(27)15-10-23-11-16(22)12(15)2/h4-7,9-11H,3,8H2,1-2H3. The summed E-state index contributed by atoms with van der Waals surface area (Å²) >= 11 is 1.57. The van der Waals surface area contributed by atoms with E-state index >= 15 is 0 Å². The molecule has 6 nitrogen and oxygen atoms in total. The Morgan fingerprint density at radius 1 is 1.21 bits per heavy atom. The number of aryl methyl sites for hydroxylation is 1. The van der Waals surface area contributed by atoms with Gasteiger partial charge in [-0.15, -0.1) is 11.3 Å². The van der Waals surface area contributed by atoms with Gasteiger partial charge in [-0.1, -0.05) is 12.1 Å². The number of Topliss-reactive ketones (excluding diaryl/α,β-unsaturated/α-hetero) is 1. The zero-order valence-electron chi connectivity index (χ0n) is 15.8. The molecule has 0 aliphatic heterocycles. The van der Waals surface area contributed by atoms with E-state index in [4.69, 9.17) is 9.51 Å². The Hall–Kier alpha value is -3.26. The summed E-state index contributed by atoms with van der Waals surface area (Å²) in [5, 5.41) is 4.74. The van der Waals surface area contributed by atoms with Crippen LogP contribution in [0.2, 0.25) is 0 Å². The predicted molar refractivity (Wildman–Crippen MR) is 107 cm³/mol. The second-order valence-electron chi connectivity index (χ2n) is 6.46. The van der Waals surface area contributed by atoms with Crippen molar-refractivity contribution in [2.24, 2.45) is 0 Å². The Labute approximate surface area is 170 Å². The maximum absolute atomic E-state index is 13.6. The molecule has 4 rings (SSSR count). The molecule has 0 aromatic carbocycles. The van der Waals surface area contributed by atoms with Crippen LogP contribution >= 0.6 is 11.3 Å². The lowest BCUT2D eigenvalue weighted by molar-refractivity contribution is 0.0990. The molecule has 4 aromatic rings. The minimum absolute atomic E-state index is 0.0775. The average molecular weight is 408 g/mol. The van der Waals surface area contributed by atoms with Gasteiger partial charge in [0.15, 0.2) is 5.78 Å². The van der Waals surface area contributed by atoms with Crippen molar-refractivity contribution in [3.8, 4) is 22.0 Å². The highest BCUT2D eigenvalue weighted by Gasteiger charge is 2.17. The van der Waals surface area contributed by atoms with Gasteiger partial charge in [0, 0.05) is 40.2 Å². The number of carbonyl (C=O) groups is 1. The van der Waals surface area contributed by atoms with Crippen molar-refractivity contribution >= 4 is 17.1 Å². The van der Waals surface area contributed by atoms with E-state index in [-0.39, 0.29) is 17.8 Å². The van der Waals surface area contributed by atoms with Gasteiger partial charge >= 0.3 is 0 Å². The molecule has 4 aromatic heterocycles. The third-order valence-corrected chi connectivity index (χ3v) is 5.79. The number of hydrogen-bond acceptors (Lipinski definition) is 7. The monoisotopic (exact) mass is 408 g/mol. The van der Waals surface area contributed by atoms with Crippen molar-refractivity contribution in [2.45, 2.75) is 26.7 Å². The molecule has 0 amide bonds. The highest BCUT2D eigenvalue weighted by Crippen LogP contribution is 2.33. The first-order valence-electron chi connectivity index (χ1n) is 9.06. The molecule has 0 unspecified atom stereocenters. The molecule has 0 fully saturated rings. The topological polar surface area (TPSA) is 81.8 Å². The quantitative estimate of drug-likeness (QED) is 0.431. The molecular weight excluding hydrogens is 391 g/mol. The van der Waals surface area contributed by atoms with Gasteiger partial charge in [0.2, 0.25) is 0 Å². The van der Waals surface area contributed by atoms with Crippen LogP contribution in [0.25, 0.3) is 22.0 Å². The largest absolute Gasteiger partial charge is 0.364 e. The van der Waals surface area contributed by atoms with Gasteiger partial charge < -0.3 is 4.52 Å². The maximum atomic E-state index is 13.6. The zero-order valence-corrected chi connectivity index (χ0v) is 16.7. The number of hydrogen-bond donors (Lipinski definition) is 0. The first-order valence-corrected chi connectivity index (χ1v) is 9.87. The fourth-order valence-electron chi connectivity index (χ4n) is 2.96. The number of rotatable bonds is 6. The third kappa shape index (κ3) is 3.84. The SMILES string of the molecule is CCc1sc(-c2ccon2)nc1-c1ccc(CC(=O)c2cncc(F)c2C)nc1. The van der Waals surface area contributed by atoms with E-state index in [2.05, 4.69) is 22.0 Å². The number of thiazole rings is 1. The maximum Gasteiger partial charge on any atom is 0.170 e. The number of aromatic nitrogens is 4. The van der Waals surface area contributed by atoms with Crippen LogP contribution < -0.4 is 0 Å². The van der Waals surface area contributed by atoms with Gasteiger partial charge in [0.25, 0.3) is 0 Å². The lowest BCUT2D eigenvalue weighted by atomic mass is 10.0. The van der Waals surface area contributed by atoms with Gasteiger partial charge in [-0.25, -0.2) is 9.37 Å². The van der Waals surface area contributed by atoms with E-state index < -0.39 is 5.82 Å². The van der Waals surface area contributed by atoms with Crippen molar-refractivity contribution in [1.82, 2.24) is 20.1 Å². The van der Waals surface area contributed by atoms with Crippen LogP contribution in [0.15, 0.2) is 47.6 Å². The molecule has 0 bridgehead atoms. The molecule has 4 heterocycles. The first kappa shape index (κ1) is 19.1. The van der Waals surface area contributed by atoms with Gasteiger partial charge in [-0.2, -0.15) is 0 Å².